The Hall–Kier alpha value is -2.53. The molecule has 5 nitrogen and oxygen atoms in total. The summed E-state index contributed by atoms with van der Waals surface area (Å²) in [7, 11) is 3.39. The minimum atomic E-state index is 0.575. The minimum Gasteiger partial charge on any atom is -0.497 e. The van der Waals surface area contributed by atoms with Gasteiger partial charge in [0.25, 0.3) is 0 Å². The number of hydrogen-bond donors (Lipinski definition) is 0. The predicted octanol–water partition coefficient (Wildman–Crippen LogP) is 4.01. The van der Waals surface area contributed by atoms with Crippen LogP contribution in [0.25, 0.3) is 11.1 Å². The van der Waals surface area contributed by atoms with Gasteiger partial charge in [-0.2, -0.15) is 0 Å². The summed E-state index contributed by atoms with van der Waals surface area (Å²) in [6.07, 6.45) is 2.43. The second-order valence-corrected chi connectivity index (χ2v) is 6.39. The second-order valence-electron chi connectivity index (χ2n) is 6.39. The third-order valence-electron chi connectivity index (χ3n) is 4.60. The Bertz CT molecular complexity index is 837. The lowest BCUT2D eigenvalue weighted by Crippen LogP contribution is -2.25. The summed E-state index contributed by atoms with van der Waals surface area (Å²) in [5.41, 5.74) is 2.87. The normalized spacial score (nSPS) is 14.2. The lowest BCUT2D eigenvalue weighted by Gasteiger charge is -2.22. The van der Waals surface area contributed by atoms with Crippen molar-refractivity contribution < 1.29 is 13.9 Å². The molecule has 4 rings (SSSR count). The average molecular weight is 338 g/mol. The van der Waals surface area contributed by atoms with Crippen LogP contribution in [0.3, 0.4) is 0 Å². The van der Waals surface area contributed by atoms with Crippen LogP contribution in [0.4, 0.5) is 0 Å². The Balaban J connectivity index is 1.57. The Morgan fingerprint density at radius 3 is 2.64 bits per heavy atom. The minimum absolute atomic E-state index is 0.575. The van der Waals surface area contributed by atoms with E-state index >= 15 is 0 Å². The smallest absolute Gasteiger partial charge is 0.209 e. The highest BCUT2D eigenvalue weighted by Crippen LogP contribution is 2.33. The van der Waals surface area contributed by atoms with Crippen LogP contribution in [-0.2, 0) is 13.1 Å². The maximum Gasteiger partial charge on any atom is 0.209 e. The third kappa shape index (κ3) is 3.46. The fourth-order valence-corrected chi connectivity index (χ4v) is 3.14. The number of ether oxygens (including phenoxy) is 2. The second kappa shape index (κ2) is 6.76. The lowest BCUT2D eigenvalue weighted by molar-refractivity contribution is 0.219. The highest BCUT2D eigenvalue weighted by atomic mass is 16.5. The highest BCUT2D eigenvalue weighted by molar-refractivity contribution is 5.72. The molecule has 5 heteroatoms. The van der Waals surface area contributed by atoms with E-state index in [-0.39, 0.29) is 0 Å². The van der Waals surface area contributed by atoms with Crippen molar-refractivity contribution in [3.05, 3.63) is 53.9 Å². The molecule has 2 aromatic carbocycles. The Morgan fingerprint density at radius 2 is 1.92 bits per heavy atom. The van der Waals surface area contributed by atoms with Crippen LogP contribution in [0, 0.1) is 0 Å². The largest absolute Gasteiger partial charge is 0.497 e. The van der Waals surface area contributed by atoms with Gasteiger partial charge in [0.15, 0.2) is 5.58 Å². The van der Waals surface area contributed by atoms with Crippen LogP contribution in [0.15, 0.2) is 46.9 Å². The molecule has 0 aliphatic heterocycles. The molecule has 0 radical (unpaired) electrons. The van der Waals surface area contributed by atoms with Gasteiger partial charge in [-0.25, -0.2) is 4.98 Å². The molecule has 1 aliphatic carbocycles. The molecule has 1 heterocycles. The lowest BCUT2D eigenvalue weighted by atomic mass is 10.1. The van der Waals surface area contributed by atoms with Crippen molar-refractivity contribution in [2.45, 2.75) is 32.0 Å². The van der Waals surface area contributed by atoms with Crippen LogP contribution in [0.2, 0.25) is 0 Å². The zero-order chi connectivity index (χ0) is 17.2. The van der Waals surface area contributed by atoms with Crippen LogP contribution in [0.1, 0.15) is 24.3 Å². The first-order valence-corrected chi connectivity index (χ1v) is 8.56. The summed E-state index contributed by atoms with van der Waals surface area (Å²) in [5.74, 6) is 2.48. The molecule has 1 saturated carbocycles. The maximum atomic E-state index is 5.91. The first kappa shape index (κ1) is 16.0. The molecule has 0 bridgehead atoms. The molecule has 0 N–H and O–H groups in total. The topological polar surface area (TPSA) is 47.7 Å². The third-order valence-corrected chi connectivity index (χ3v) is 4.60. The van der Waals surface area contributed by atoms with E-state index in [1.54, 1.807) is 14.2 Å². The van der Waals surface area contributed by atoms with Crippen LogP contribution in [0.5, 0.6) is 11.5 Å². The zero-order valence-electron chi connectivity index (χ0n) is 14.6. The molecule has 0 atom stereocenters. The first-order chi connectivity index (χ1) is 12.3. The van der Waals surface area contributed by atoms with Crippen LogP contribution >= 0.6 is 0 Å². The van der Waals surface area contributed by atoms with Crippen LogP contribution < -0.4 is 9.47 Å². The highest BCUT2D eigenvalue weighted by Gasteiger charge is 2.30. The SMILES string of the molecule is COc1ccc(OC)c(CN(Cc2nc3ccccc3o2)C2CC2)c1. The number of methoxy groups -OCH3 is 2. The molecule has 1 aliphatic rings. The zero-order valence-corrected chi connectivity index (χ0v) is 14.6. The number of hydrogen-bond acceptors (Lipinski definition) is 5. The van der Waals surface area contributed by atoms with Gasteiger partial charge in [0, 0.05) is 18.2 Å². The Labute approximate surface area is 147 Å². The van der Waals surface area contributed by atoms with Gasteiger partial charge < -0.3 is 13.9 Å². The number of fused-ring (bicyclic) bond motifs is 1. The molecule has 0 amide bonds. The molecule has 0 saturated heterocycles. The van der Waals surface area contributed by atoms with E-state index in [1.807, 2.05) is 42.5 Å². The van der Waals surface area contributed by atoms with Crippen molar-refractivity contribution in [1.82, 2.24) is 9.88 Å². The summed E-state index contributed by atoms with van der Waals surface area (Å²) >= 11 is 0. The van der Waals surface area contributed by atoms with Crippen LogP contribution in [-0.4, -0.2) is 30.1 Å². The summed E-state index contributed by atoms with van der Waals surface area (Å²) in [4.78, 5) is 7.02. The Morgan fingerprint density at radius 1 is 1.08 bits per heavy atom. The van der Waals surface area contributed by atoms with E-state index in [1.165, 1.54) is 12.8 Å². The summed E-state index contributed by atoms with van der Waals surface area (Å²) in [5, 5.41) is 0. The molecule has 1 fully saturated rings. The monoisotopic (exact) mass is 338 g/mol. The number of para-hydroxylation sites is 2. The first-order valence-electron chi connectivity index (χ1n) is 8.56. The maximum absolute atomic E-state index is 5.91. The standard InChI is InChI=1S/C20H22N2O3/c1-23-16-9-10-18(24-2)14(11-16)12-22(15-7-8-15)13-20-21-17-5-3-4-6-19(17)25-20/h3-6,9-11,15H,7-8,12-13H2,1-2H3. The van der Waals surface area contributed by atoms with Gasteiger partial charge >= 0.3 is 0 Å². The molecule has 25 heavy (non-hydrogen) atoms. The molecule has 3 aromatic rings. The van der Waals surface area contributed by atoms with Crippen molar-refractivity contribution in [1.29, 1.82) is 0 Å². The number of benzene rings is 2. The van der Waals surface area contributed by atoms with E-state index < -0.39 is 0 Å². The fourth-order valence-electron chi connectivity index (χ4n) is 3.14. The summed E-state index contributed by atoms with van der Waals surface area (Å²) < 4.78 is 16.8. The van der Waals surface area contributed by atoms with E-state index in [0.717, 1.165) is 40.6 Å². The fraction of sp³-hybridized carbons (Fsp3) is 0.350. The average Bonchev–Trinajstić information content (AvgIpc) is 3.41. The van der Waals surface area contributed by atoms with E-state index in [0.29, 0.717) is 12.6 Å². The molecular formula is C20H22N2O3. The van der Waals surface area contributed by atoms with Crippen molar-refractivity contribution >= 4 is 11.1 Å². The van der Waals surface area contributed by atoms with Gasteiger partial charge in [-0.1, -0.05) is 12.1 Å². The summed E-state index contributed by atoms with van der Waals surface area (Å²) in [6, 6.07) is 14.4. The van der Waals surface area contributed by atoms with Gasteiger partial charge in [0.05, 0.1) is 20.8 Å². The van der Waals surface area contributed by atoms with Crippen molar-refractivity contribution in [3.63, 3.8) is 0 Å². The van der Waals surface area contributed by atoms with E-state index in [2.05, 4.69) is 9.88 Å². The van der Waals surface area contributed by atoms with Crippen molar-refractivity contribution in [2.24, 2.45) is 0 Å². The van der Waals surface area contributed by atoms with Crippen molar-refractivity contribution in [2.75, 3.05) is 14.2 Å². The van der Waals surface area contributed by atoms with Gasteiger partial charge in [-0.3, -0.25) is 4.90 Å². The number of rotatable bonds is 7. The van der Waals surface area contributed by atoms with Crippen molar-refractivity contribution in [3.8, 4) is 11.5 Å². The molecule has 1 aromatic heterocycles. The Kier molecular flexibility index (Phi) is 4.32. The number of nitrogens with zero attached hydrogens (tertiary/aromatic N) is 2. The van der Waals surface area contributed by atoms with Gasteiger partial charge in [0.2, 0.25) is 5.89 Å². The van der Waals surface area contributed by atoms with Gasteiger partial charge in [-0.15, -0.1) is 0 Å². The van der Waals surface area contributed by atoms with E-state index in [9.17, 15) is 0 Å². The number of oxazole rings is 1. The predicted molar refractivity (Wildman–Crippen MR) is 95.8 cm³/mol. The van der Waals surface area contributed by atoms with E-state index in [4.69, 9.17) is 13.9 Å². The molecule has 0 unspecified atom stereocenters. The molecule has 0 spiro atoms. The summed E-state index contributed by atoms with van der Waals surface area (Å²) in [6.45, 7) is 1.48. The van der Waals surface area contributed by atoms with Gasteiger partial charge in [-0.05, 0) is 43.2 Å². The molecular weight excluding hydrogens is 316 g/mol. The molecule has 130 valence electrons. The quantitative estimate of drug-likeness (QED) is 0.651. The van der Waals surface area contributed by atoms with Gasteiger partial charge in [0.1, 0.15) is 17.0 Å². The number of aromatic nitrogens is 1.